The summed E-state index contributed by atoms with van der Waals surface area (Å²) in [7, 11) is 0. The zero-order valence-electron chi connectivity index (χ0n) is 7.91. The van der Waals surface area contributed by atoms with Crippen LogP contribution >= 0.6 is 11.6 Å². The molecule has 5 heteroatoms. The number of hydrogen-bond acceptors (Lipinski definition) is 1. The smallest absolute Gasteiger partial charge is 0.242 e. The number of nitrogens with zero attached hydrogens (tertiary/aromatic N) is 2. The van der Waals surface area contributed by atoms with Crippen molar-refractivity contribution in [2.45, 2.75) is 0 Å². The molecule has 0 aromatic heterocycles. The second-order valence-electron chi connectivity index (χ2n) is 3.25. The lowest BCUT2D eigenvalue weighted by Gasteiger charge is -2.27. The Labute approximate surface area is 91.8 Å². The van der Waals surface area contributed by atoms with Gasteiger partial charge in [-0.3, -0.25) is 4.79 Å². The predicted octanol–water partition coefficient (Wildman–Crippen LogP) is 1.43. The minimum Gasteiger partial charge on any atom is -0.308 e. The second kappa shape index (κ2) is 4.16. The molecular weight excluding hydrogens is 219 g/mol. The van der Waals surface area contributed by atoms with E-state index in [9.17, 15) is 9.18 Å². The third-order valence-corrected chi connectivity index (χ3v) is 2.53. The fourth-order valence-electron chi connectivity index (χ4n) is 1.51. The largest absolute Gasteiger partial charge is 0.308 e. The lowest BCUT2D eigenvalue weighted by atomic mass is 10.2. The van der Waals surface area contributed by atoms with Crippen molar-refractivity contribution in [3.8, 4) is 0 Å². The summed E-state index contributed by atoms with van der Waals surface area (Å²) in [4.78, 5) is 13.0. The van der Waals surface area contributed by atoms with Crippen molar-refractivity contribution in [2.75, 3.05) is 24.5 Å². The molecule has 1 aromatic carbocycles. The first-order chi connectivity index (χ1) is 7.18. The molecule has 0 aliphatic carbocycles. The van der Waals surface area contributed by atoms with Gasteiger partial charge in [-0.15, -0.1) is 0 Å². The van der Waals surface area contributed by atoms with E-state index in [2.05, 4.69) is 5.32 Å². The normalized spacial score (nSPS) is 16.9. The van der Waals surface area contributed by atoms with Crippen LogP contribution in [0, 0.1) is 5.82 Å². The molecule has 1 fully saturated rings. The first kappa shape index (κ1) is 10.4. The fraction of sp³-hybridized carbons (Fsp3) is 0.300. The highest BCUT2D eigenvalue weighted by atomic mass is 35.5. The lowest BCUT2D eigenvalue weighted by molar-refractivity contribution is -0.118. The van der Waals surface area contributed by atoms with Crippen molar-refractivity contribution < 1.29 is 9.18 Å². The van der Waals surface area contributed by atoms with Gasteiger partial charge in [0.05, 0.1) is 17.3 Å². The summed E-state index contributed by atoms with van der Waals surface area (Å²) in [5.74, 6) is -0.507. The molecule has 1 amide bonds. The van der Waals surface area contributed by atoms with Crippen molar-refractivity contribution in [2.24, 2.45) is 0 Å². The summed E-state index contributed by atoms with van der Waals surface area (Å²) in [6.07, 6.45) is 0. The predicted molar refractivity (Wildman–Crippen MR) is 55.6 cm³/mol. The van der Waals surface area contributed by atoms with E-state index in [1.165, 1.54) is 23.1 Å². The lowest BCUT2D eigenvalue weighted by Crippen LogP contribution is -2.45. The van der Waals surface area contributed by atoms with Gasteiger partial charge in [0.1, 0.15) is 5.82 Å². The van der Waals surface area contributed by atoms with Crippen LogP contribution < -0.4 is 10.2 Å². The molecule has 0 atom stereocenters. The fourth-order valence-corrected chi connectivity index (χ4v) is 1.78. The maximum absolute atomic E-state index is 12.8. The second-order valence-corrected chi connectivity index (χ2v) is 3.65. The minimum absolute atomic E-state index is 0.102. The van der Waals surface area contributed by atoms with Crippen LogP contribution in [0.5, 0.6) is 0 Å². The monoisotopic (exact) mass is 227 g/mol. The number of amides is 1. The standard InChI is InChI=1S/C10H9ClFN2O/c11-8-5-7(12)1-2-9(8)14-4-3-13-6-10(14)15/h1-2,5H,3-4,6H2. The number of rotatable bonds is 1. The molecule has 15 heavy (non-hydrogen) atoms. The van der Waals surface area contributed by atoms with Crippen molar-refractivity contribution in [1.82, 2.24) is 5.32 Å². The summed E-state index contributed by atoms with van der Waals surface area (Å²) in [6.45, 7) is 1.28. The van der Waals surface area contributed by atoms with Crippen LogP contribution in [0.4, 0.5) is 10.1 Å². The number of hydrogen-bond donors (Lipinski definition) is 0. The first-order valence-corrected chi connectivity index (χ1v) is 4.95. The van der Waals surface area contributed by atoms with E-state index >= 15 is 0 Å². The molecule has 0 saturated carbocycles. The average molecular weight is 228 g/mol. The van der Waals surface area contributed by atoms with E-state index in [-0.39, 0.29) is 17.5 Å². The Hall–Kier alpha value is -1.13. The van der Waals surface area contributed by atoms with Gasteiger partial charge in [-0.2, -0.15) is 0 Å². The Kier molecular flexibility index (Phi) is 2.88. The van der Waals surface area contributed by atoms with Gasteiger partial charge in [0.25, 0.3) is 0 Å². The molecule has 79 valence electrons. The Morgan fingerprint density at radius 3 is 2.93 bits per heavy atom. The molecule has 1 heterocycles. The van der Waals surface area contributed by atoms with Gasteiger partial charge in [-0.25, -0.2) is 9.71 Å². The molecule has 0 unspecified atom stereocenters. The van der Waals surface area contributed by atoms with Gasteiger partial charge >= 0.3 is 0 Å². The number of piperazine rings is 1. The topological polar surface area (TPSA) is 34.4 Å². The van der Waals surface area contributed by atoms with Crippen LogP contribution in [0.25, 0.3) is 0 Å². The maximum atomic E-state index is 12.8. The van der Waals surface area contributed by atoms with Crippen LogP contribution in [-0.4, -0.2) is 25.5 Å². The molecule has 1 saturated heterocycles. The molecule has 0 N–H and O–H groups in total. The highest BCUT2D eigenvalue weighted by molar-refractivity contribution is 6.33. The highest BCUT2D eigenvalue weighted by Gasteiger charge is 2.21. The van der Waals surface area contributed by atoms with E-state index in [0.717, 1.165) is 0 Å². The molecule has 1 aliphatic rings. The van der Waals surface area contributed by atoms with Crippen LogP contribution in [0.3, 0.4) is 0 Å². The molecule has 0 spiro atoms. The van der Waals surface area contributed by atoms with Crippen LogP contribution in [0.1, 0.15) is 0 Å². The van der Waals surface area contributed by atoms with Gasteiger partial charge < -0.3 is 4.90 Å². The van der Waals surface area contributed by atoms with Crippen LogP contribution in [0.2, 0.25) is 5.02 Å². The molecule has 1 aromatic rings. The van der Waals surface area contributed by atoms with Gasteiger partial charge in [0.15, 0.2) is 0 Å². The zero-order valence-corrected chi connectivity index (χ0v) is 8.67. The van der Waals surface area contributed by atoms with Crippen molar-refractivity contribution in [3.63, 3.8) is 0 Å². The van der Waals surface area contributed by atoms with E-state index in [0.29, 0.717) is 18.8 Å². The van der Waals surface area contributed by atoms with Crippen molar-refractivity contribution in [3.05, 3.63) is 29.0 Å². The van der Waals surface area contributed by atoms with Gasteiger partial charge in [-0.05, 0) is 18.2 Å². The highest BCUT2D eigenvalue weighted by Crippen LogP contribution is 2.27. The summed E-state index contributed by atoms with van der Waals surface area (Å²) in [5.41, 5.74) is 0.554. The van der Waals surface area contributed by atoms with E-state index in [4.69, 9.17) is 11.6 Å². The number of carbonyl (C=O) groups is 1. The summed E-state index contributed by atoms with van der Waals surface area (Å²) in [6, 6.07) is 4.01. The number of halogens is 2. The van der Waals surface area contributed by atoms with E-state index < -0.39 is 5.82 Å². The molecular formula is C10H9ClFN2O. The maximum Gasteiger partial charge on any atom is 0.242 e. The first-order valence-electron chi connectivity index (χ1n) is 4.57. The van der Waals surface area contributed by atoms with Gasteiger partial charge in [0.2, 0.25) is 5.91 Å². The molecule has 1 aliphatic heterocycles. The summed E-state index contributed by atoms with van der Waals surface area (Å²) >= 11 is 5.86. The Morgan fingerprint density at radius 1 is 1.47 bits per heavy atom. The average Bonchev–Trinajstić information content (AvgIpc) is 2.20. The summed E-state index contributed by atoms with van der Waals surface area (Å²) < 4.78 is 12.8. The SMILES string of the molecule is O=C1C[N]CCN1c1ccc(F)cc1Cl. The minimum atomic E-state index is -0.405. The molecule has 3 nitrogen and oxygen atoms in total. The van der Waals surface area contributed by atoms with Crippen molar-refractivity contribution >= 4 is 23.2 Å². The van der Waals surface area contributed by atoms with Crippen molar-refractivity contribution in [1.29, 1.82) is 0 Å². The molecule has 0 bridgehead atoms. The Morgan fingerprint density at radius 2 is 2.27 bits per heavy atom. The molecule has 2 rings (SSSR count). The summed E-state index contributed by atoms with van der Waals surface area (Å²) in [5, 5.41) is 4.23. The van der Waals surface area contributed by atoms with E-state index in [1.54, 1.807) is 0 Å². The zero-order chi connectivity index (χ0) is 10.8. The van der Waals surface area contributed by atoms with E-state index in [1.807, 2.05) is 0 Å². The third kappa shape index (κ3) is 2.11. The Balaban J connectivity index is 2.31. The number of carbonyl (C=O) groups excluding carboxylic acids is 1. The number of anilines is 1. The molecule has 1 radical (unpaired) electrons. The Bertz CT molecular complexity index is 397. The van der Waals surface area contributed by atoms with Crippen LogP contribution in [0.15, 0.2) is 18.2 Å². The quantitative estimate of drug-likeness (QED) is 0.715. The number of benzene rings is 1. The van der Waals surface area contributed by atoms with Crippen LogP contribution in [-0.2, 0) is 4.79 Å². The van der Waals surface area contributed by atoms with Gasteiger partial charge in [-0.1, -0.05) is 11.6 Å². The van der Waals surface area contributed by atoms with Gasteiger partial charge in [0, 0.05) is 13.1 Å². The third-order valence-electron chi connectivity index (χ3n) is 2.23.